The minimum atomic E-state index is -1.66. The van der Waals surface area contributed by atoms with E-state index in [1.54, 1.807) is 21.5 Å². The fourth-order valence-electron chi connectivity index (χ4n) is 4.69. The highest BCUT2D eigenvalue weighted by Gasteiger charge is 2.49. The van der Waals surface area contributed by atoms with Gasteiger partial charge in [-0.2, -0.15) is 10.4 Å². The Morgan fingerprint density at radius 3 is 2.61 bits per heavy atom. The Kier molecular flexibility index (Phi) is 5.45. The Labute approximate surface area is 225 Å². The first-order valence-corrected chi connectivity index (χ1v) is 16.1. The topological polar surface area (TPSA) is 108 Å². The lowest BCUT2D eigenvalue weighted by molar-refractivity contribution is 0.382. The van der Waals surface area contributed by atoms with Crippen molar-refractivity contribution in [3.05, 3.63) is 82.4 Å². The van der Waals surface area contributed by atoms with Gasteiger partial charge in [-0.3, -0.25) is 9.36 Å². The molecular weight excluding hydrogens is 513 g/mol. The monoisotopic (exact) mass is 536 g/mol. The molecule has 4 aromatic heterocycles. The lowest BCUT2D eigenvalue weighted by atomic mass is 9.99. The smallest absolute Gasteiger partial charge is 0.283 e. The molecule has 1 atom stereocenters. The summed E-state index contributed by atoms with van der Waals surface area (Å²) in [4.78, 5) is 27.0. The van der Waals surface area contributed by atoms with Gasteiger partial charge in [-0.25, -0.2) is 14.5 Å². The average molecular weight is 537 g/mol. The van der Waals surface area contributed by atoms with E-state index >= 15 is 0 Å². The molecule has 1 N–H and O–H groups in total. The molecule has 188 valence electrons. The molecule has 9 nitrogen and oxygen atoms in total. The number of aromatic amines is 1. The van der Waals surface area contributed by atoms with Crippen molar-refractivity contribution < 1.29 is 0 Å². The van der Waals surface area contributed by atoms with Crippen LogP contribution in [0.4, 0.5) is 5.82 Å². The normalized spacial score (nSPS) is 17.2. The van der Waals surface area contributed by atoms with Crippen molar-refractivity contribution in [1.82, 2.24) is 29.1 Å². The molecule has 38 heavy (non-hydrogen) atoms. The maximum absolute atomic E-state index is 14.2. The molecule has 1 aliphatic heterocycles. The number of H-pyrrole nitrogens is 1. The summed E-state index contributed by atoms with van der Waals surface area (Å²) in [6.07, 6.45) is 5.46. The largest absolute Gasteiger partial charge is 0.345 e. The Morgan fingerprint density at radius 2 is 1.92 bits per heavy atom. The predicted octanol–water partition coefficient (Wildman–Crippen LogP) is 3.85. The van der Waals surface area contributed by atoms with Gasteiger partial charge in [0.15, 0.2) is 5.82 Å². The van der Waals surface area contributed by atoms with Crippen molar-refractivity contribution in [2.24, 2.45) is 0 Å². The molecule has 0 amide bonds. The van der Waals surface area contributed by atoms with E-state index in [1.807, 2.05) is 41.3 Å². The lowest BCUT2D eigenvalue weighted by Gasteiger charge is -2.50. The van der Waals surface area contributed by atoms with Gasteiger partial charge in [-0.1, -0.05) is 43.8 Å². The van der Waals surface area contributed by atoms with E-state index in [-0.39, 0.29) is 5.56 Å². The number of nitriles is 1. The molecular formula is C27H24N8OSSi. The Hall–Kier alpha value is -4.32. The number of hydrogen-bond donors (Lipinski definition) is 2. The van der Waals surface area contributed by atoms with Gasteiger partial charge in [0.1, 0.15) is 42.3 Å². The summed E-state index contributed by atoms with van der Waals surface area (Å²) in [6.45, 7) is 7.12. The van der Waals surface area contributed by atoms with E-state index < -0.39 is 12.9 Å². The summed E-state index contributed by atoms with van der Waals surface area (Å²) in [7, 11) is -1.66. The summed E-state index contributed by atoms with van der Waals surface area (Å²) in [5.41, 5.74) is 5.90. The zero-order valence-corrected chi connectivity index (χ0v) is 23.0. The number of fused-ring (bicyclic) bond motifs is 2. The van der Waals surface area contributed by atoms with Crippen LogP contribution in [0, 0.1) is 22.8 Å². The molecule has 0 aliphatic carbocycles. The van der Waals surface area contributed by atoms with Crippen LogP contribution in [0.2, 0.25) is 19.6 Å². The van der Waals surface area contributed by atoms with E-state index in [9.17, 15) is 10.1 Å². The molecule has 1 saturated heterocycles. The maximum Gasteiger partial charge on any atom is 0.283 e. The Bertz CT molecular complexity index is 1880. The number of anilines is 1. The Morgan fingerprint density at radius 1 is 1.13 bits per heavy atom. The molecule has 0 unspecified atom stereocenters. The van der Waals surface area contributed by atoms with Gasteiger partial charge in [-0.05, 0) is 18.2 Å². The second-order valence-electron chi connectivity index (χ2n) is 10.3. The van der Waals surface area contributed by atoms with Crippen LogP contribution in [0.25, 0.3) is 22.2 Å². The first-order chi connectivity index (χ1) is 18.2. The van der Waals surface area contributed by atoms with Crippen LogP contribution in [0.15, 0.2) is 59.9 Å². The van der Waals surface area contributed by atoms with Gasteiger partial charge < -0.3 is 9.88 Å². The van der Waals surface area contributed by atoms with E-state index in [0.29, 0.717) is 58.0 Å². The summed E-state index contributed by atoms with van der Waals surface area (Å²) in [5.74, 6) is 4.26. The molecule has 11 heteroatoms. The third-order valence-electron chi connectivity index (χ3n) is 6.59. The number of nitrogens with zero attached hydrogens (tertiary/aromatic N) is 7. The van der Waals surface area contributed by atoms with E-state index in [2.05, 4.69) is 52.1 Å². The second kappa shape index (κ2) is 8.62. The van der Waals surface area contributed by atoms with Crippen molar-refractivity contribution >= 4 is 43.1 Å². The first-order valence-electron chi connectivity index (χ1n) is 12.2. The SMILES string of the molecule is C[Si](C)(C)C#Cc1ccn2nc([C@]3(S)CCN3c3ncnc4[nH]cc(C#N)c34)n(-c3ccccc3)c(=O)c12. The molecule has 0 bridgehead atoms. The van der Waals surface area contributed by atoms with E-state index in [1.165, 1.54) is 6.33 Å². The van der Waals surface area contributed by atoms with E-state index in [4.69, 9.17) is 17.7 Å². The fraction of sp³-hybridized carbons (Fsp3) is 0.222. The van der Waals surface area contributed by atoms with Crippen molar-refractivity contribution in [1.29, 1.82) is 5.26 Å². The summed E-state index contributed by atoms with van der Waals surface area (Å²) in [6, 6.07) is 13.5. The highest BCUT2D eigenvalue weighted by Crippen LogP contribution is 2.47. The van der Waals surface area contributed by atoms with Gasteiger partial charge in [-0.15, -0.1) is 18.2 Å². The minimum absolute atomic E-state index is 0.224. The van der Waals surface area contributed by atoms with Gasteiger partial charge in [0.25, 0.3) is 5.56 Å². The second-order valence-corrected chi connectivity index (χ2v) is 15.8. The number of hydrogen-bond acceptors (Lipinski definition) is 7. The standard InChI is InChI=1S/C27H24N8OSSi/c1-38(2,3)14-10-18-9-12-34-22(18)25(36)35(20-7-5-4-6-8-20)26(32-34)27(37)11-13-33(27)24-21-19(15-28)16-29-23(21)30-17-31-24/h4-9,12,16-17,37H,11,13H2,1-3H3,(H,29,30,31)/t27-/m1/s1. The number of aromatic nitrogens is 6. The molecule has 5 heterocycles. The van der Waals surface area contributed by atoms with Crippen LogP contribution in [-0.2, 0) is 4.87 Å². The third-order valence-corrected chi connectivity index (χ3v) is 8.13. The van der Waals surface area contributed by atoms with Crippen LogP contribution in [0.3, 0.4) is 0 Å². The van der Waals surface area contributed by atoms with Crippen LogP contribution in [0.1, 0.15) is 23.4 Å². The quantitative estimate of drug-likeness (QED) is 0.206. The summed E-state index contributed by atoms with van der Waals surface area (Å²) in [5, 5.41) is 15.2. The molecule has 0 spiro atoms. The van der Waals surface area contributed by atoms with Gasteiger partial charge >= 0.3 is 0 Å². The number of rotatable bonds is 3. The highest BCUT2D eigenvalue weighted by atomic mass is 32.1. The molecule has 1 fully saturated rings. The van der Waals surface area contributed by atoms with Crippen LogP contribution in [0.5, 0.6) is 0 Å². The van der Waals surface area contributed by atoms with Crippen LogP contribution in [-0.4, -0.2) is 43.8 Å². The summed E-state index contributed by atoms with van der Waals surface area (Å²) < 4.78 is 3.22. The van der Waals surface area contributed by atoms with Crippen molar-refractivity contribution in [3.63, 3.8) is 0 Å². The predicted molar refractivity (Wildman–Crippen MR) is 152 cm³/mol. The maximum atomic E-state index is 14.2. The molecule has 1 aromatic carbocycles. The number of nitrogens with one attached hydrogen (secondary N) is 1. The van der Waals surface area contributed by atoms with Crippen LogP contribution >= 0.6 is 12.6 Å². The number of thiol groups is 1. The molecule has 5 aromatic rings. The minimum Gasteiger partial charge on any atom is -0.345 e. The zero-order chi connectivity index (χ0) is 26.7. The van der Waals surface area contributed by atoms with Crippen molar-refractivity contribution in [2.75, 3.05) is 11.4 Å². The summed E-state index contributed by atoms with van der Waals surface area (Å²) >= 11 is 5.13. The number of benzene rings is 1. The van der Waals surface area contributed by atoms with Crippen LogP contribution < -0.4 is 10.5 Å². The number of para-hydroxylation sites is 1. The highest BCUT2D eigenvalue weighted by molar-refractivity contribution is 7.81. The zero-order valence-electron chi connectivity index (χ0n) is 21.1. The fourth-order valence-corrected chi connectivity index (χ4v) is 5.64. The Balaban J connectivity index is 1.60. The van der Waals surface area contributed by atoms with Gasteiger partial charge in [0.05, 0.1) is 22.2 Å². The van der Waals surface area contributed by atoms with Crippen molar-refractivity contribution in [2.45, 2.75) is 30.9 Å². The molecule has 0 radical (unpaired) electrons. The van der Waals surface area contributed by atoms with Gasteiger partial charge in [0.2, 0.25) is 0 Å². The average Bonchev–Trinajstić information content (AvgIpc) is 3.51. The third kappa shape index (κ3) is 3.71. The molecule has 1 aliphatic rings. The first kappa shape index (κ1) is 24.0. The van der Waals surface area contributed by atoms with Crippen molar-refractivity contribution in [3.8, 4) is 23.2 Å². The van der Waals surface area contributed by atoms with E-state index in [0.717, 1.165) is 0 Å². The molecule has 0 saturated carbocycles. The lowest BCUT2D eigenvalue weighted by Crippen LogP contribution is -2.57. The molecule has 6 rings (SSSR count). The van der Waals surface area contributed by atoms with Gasteiger partial charge in [0, 0.05) is 25.4 Å².